The lowest BCUT2D eigenvalue weighted by atomic mass is 10.6. The van der Waals surface area contributed by atoms with Gasteiger partial charge in [-0.2, -0.15) is 0 Å². The molecule has 0 spiro atoms. The summed E-state index contributed by atoms with van der Waals surface area (Å²) < 4.78 is 0. The van der Waals surface area contributed by atoms with E-state index in [0.717, 1.165) is 5.54 Å². The maximum atomic E-state index is 2.37. The van der Waals surface area contributed by atoms with Crippen molar-refractivity contribution < 1.29 is 0 Å². The molecule has 0 amide bonds. The molecule has 0 unspecified atom stereocenters. The smallest absolute Gasteiger partial charge is 0.00773 e. The van der Waals surface area contributed by atoms with Gasteiger partial charge < -0.3 is 0 Å². The third kappa shape index (κ3) is 4.65. The monoisotopic (exact) mass is 134 g/mol. The Bertz CT molecular complexity index is 27.2. The van der Waals surface area contributed by atoms with Gasteiger partial charge in [-0.15, -0.1) is 0 Å². The van der Waals surface area contributed by atoms with E-state index in [1.54, 1.807) is 9.76 Å². The van der Waals surface area contributed by atoms with E-state index in [1.807, 2.05) is 0 Å². The van der Waals surface area contributed by atoms with E-state index in [-0.39, 0.29) is 0 Å². The lowest BCUT2D eigenvalue weighted by Crippen LogP contribution is -2.05. The zero-order valence-electron chi connectivity index (χ0n) is 4.99. The Morgan fingerprint density at radius 2 is 2.00 bits per heavy atom. The summed E-state index contributed by atoms with van der Waals surface area (Å²) in [4.78, 5) is 0. The van der Waals surface area contributed by atoms with Crippen LogP contribution in [0.4, 0.5) is 0 Å². The van der Waals surface area contributed by atoms with Gasteiger partial charge in [-0.25, -0.2) is 0 Å². The molecule has 0 nitrogen and oxygen atoms in total. The van der Waals surface area contributed by atoms with E-state index in [4.69, 9.17) is 0 Å². The minimum absolute atomic E-state index is 0.557. The fraction of sp³-hybridized carbons (Fsp3) is 1.00. The van der Waals surface area contributed by atoms with Crippen LogP contribution >= 0.6 is 0 Å². The summed E-state index contributed by atoms with van der Waals surface area (Å²) in [5.74, 6) is 0. The number of rotatable bonds is 2. The third-order valence-corrected chi connectivity index (χ3v) is 13.0. The van der Waals surface area contributed by atoms with Crippen molar-refractivity contribution in [1.82, 2.24) is 0 Å². The molecule has 0 saturated carbocycles. The molecule has 0 aliphatic heterocycles. The molecule has 0 heterocycles. The van der Waals surface area contributed by atoms with Gasteiger partial charge in [-0.05, 0) is 18.3 Å². The standard InChI is InChI=1S/C3H14Si3/c1-3(2)5-6-4/h3H,5-6H2,1-2,4H3. The average Bonchev–Trinajstić information content (AvgIpc) is 1.35. The van der Waals surface area contributed by atoms with E-state index in [2.05, 4.69) is 13.8 Å². The van der Waals surface area contributed by atoms with E-state index in [9.17, 15) is 0 Å². The van der Waals surface area contributed by atoms with Crippen LogP contribution in [0.15, 0.2) is 0 Å². The number of hydrogen-bond donors (Lipinski definition) is 0. The highest BCUT2D eigenvalue weighted by molar-refractivity contribution is 7.24. The molecule has 0 saturated heterocycles. The first-order valence-electron chi connectivity index (χ1n) is 2.77. The highest BCUT2D eigenvalue weighted by Gasteiger charge is 1.87. The van der Waals surface area contributed by atoms with Crippen molar-refractivity contribution in [1.29, 1.82) is 0 Å². The van der Waals surface area contributed by atoms with Crippen molar-refractivity contribution in [2.75, 3.05) is 0 Å². The SMILES string of the molecule is CC(C)[SiH2][SiH2][SiH3]. The molecule has 38 valence electrons. The Morgan fingerprint density at radius 3 is 2.00 bits per heavy atom. The molecule has 0 fully saturated rings. The topological polar surface area (TPSA) is 0 Å². The number of hydrogen-bond acceptors (Lipinski definition) is 0. The van der Waals surface area contributed by atoms with Crippen LogP contribution in [-0.4, -0.2) is 27.4 Å². The summed E-state index contributed by atoms with van der Waals surface area (Å²) in [5, 5.41) is 0. The molecule has 0 aromatic rings. The van der Waals surface area contributed by atoms with Gasteiger partial charge in [0.25, 0.3) is 0 Å². The molecule has 6 heavy (non-hydrogen) atoms. The fourth-order valence-electron chi connectivity index (χ4n) is 0.577. The van der Waals surface area contributed by atoms with Crippen molar-refractivity contribution in [2.45, 2.75) is 19.4 Å². The van der Waals surface area contributed by atoms with Gasteiger partial charge in [-0.3, -0.25) is 0 Å². The maximum Gasteiger partial charge on any atom is 0.00773 e. The van der Waals surface area contributed by atoms with Crippen LogP contribution in [0.2, 0.25) is 5.54 Å². The highest BCUT2D eigenvalue weighted by atomic mass is 29.5. The van der Waals surface area contributed by atoms with Crippen LogP contribution in [0.3, 0.4) is 0 Å². The van der Waals surface area contributed by atoms with E-state index in [1.165, 1.54) is 0 Å². The van der Waals surface area contributed by atoms with Gasteiger partial charge in [-0.1, -0.05) is 19.4 Å². The molecule has 0 bridgehead atoms. The first-order chi connectivity index (χ1) is 2.77. The van der Waals surface area contributed by atoms with E-state index < -0.39 is 0 Å². The van der Waals surface area contributed by atoms with Gasteiger partial charge in [0, 0.05) is 9.04 Å². The van der Waals surface area contributed by atoms with Crippen molar-refractivity contribution in [3.8, 4) is 0 Å². The summed E-state index contributed by atoms with van der Waals surface area (Å²) in [5.41, 5.74) is 1.13. The fourth-order valence-corrected chi connectivity index (χ4v) is 15.6. The zero-order valence-corrected chi connectivity index (χ0v) is 9.82. The molecule has 0 atom stereocenters. The lowest BCUT2D eigenvalue weighted by molar-refractivity contribution is 1.07. The van der Waals surface area contributed by atoms with Crippen molar-refractivity contribution >= 4 is 27.4 Å². The maximum absolute atomic E-state index is 2.37. The van der Waals surface area contributed by atoms with Crippen LogP contribution in [0.25, 0.3) is 0 Å². The largest absolute Gasteiger partial charge is 0.0660 e. The Hall–Kier alpha value is 0.651. The van der Waals surface area contributed by atoms with Crippen LogP contribution in [0, 0.1) is 0 Å². The summed E-state index contributed by atoms with van der Waals surface area (Å²) >= 11 is 0. The van der Waals surface area contributed by atoms with Gasteiger partial charge >= 0.3 is 0 Å². The second-order valence-corrected chi connectivity index (χ2v) is 19.1. The highest BCUT2D eigenvalue weighted by Crippen LogP contribution is 1.92. The lowest BCUT2D eigenvalue weighted by Gasteiger charge is -1.94. The summed E-state index contributed by atoms with van der Waals surface area (Å²) in [6.45, 7) is 4.74. The zero-order chi connectivity index (χ0) is 4.99. The molecular formula is C3H14Si3. The van der Waals surface area contributed by atoms with Gasteiger partial charge in [0.2, 0.25) is 0 Å². The van der Waals surface area contributed by atoms with E-state index in [0.29, 0.717) is 17.6 Å². The van der Waals surface area contributed by atoms with Crippen molar-refractivity contribution in [2.24, 2.45) is 0 Å². The Labute approximate surface area is 47.4 Å². The quantitative estimate of drug-likeness (QED) is 0.397. The molecular weight excluding hydrogens is 120 g/mol. The molecule has 3 heteroatoms. The minimum Gasteiger partial charge on any atom is -0.0660 e. The van der Waals surface area contributed by atoms with Crippen LogP contribution in [0.1, 0.15) is 13.8 Å². The van der Waals surface area contributed by atoms with Crippen molar-refractivity contribution in [3.63, 3.8) is 0 Å². The molecule has 0 N–H and O–H groups in total. The van der Waals surface area contributed by atoms with Crippen LogP contribution < -0.4 is 0 Å². The van der Waals surface area contributed by atoms with Crippen molar-refractivity contribution in [3.05, 3.63) is 0 Å². The Balaban J connectivity index is 2.63. The predicted octanol–water partition coefficient (Wildman–Crippen LogP) is -1.65. The Morgan fingerprint density at radius 1 is 1.50 bits per heavy atom. The first-order valence-corrected chi connectivity index (χ1v) is 13.2. The second-order valence-electron chi connectivity index (χ2n) is 2.18. The molecule has 0 aliphatic rings. The van der Waals surface area contributed by atoms with Gasteiger partial charge in [0.1, 0.15) is 0 Å². The molecule has 0 aliphatic carbocycles. The minimum atomic E-state index is 0.557. The molecule has 0 aromatic carbocycles. The van der Waals surface area contributed by atoms with Gasteiger partial charge in [0.15, 0.2) is 0 Å². The van der Waals surface area contributed by atoms with Crippen LogP contribution in [-0.2, 0) is 0 Å². The molecule has 0 radical (unpaired) electrons. The third-order valence-electron chi connectivity index (χ3n) is 0.866. The van der Waals surface area contributed by atoms with Crippen LogP contribution in [0.5, 0.6) is 0 Å². The summed E-state index contributed by atoms with van der Waals surface area (Å²) in [7, 11) is 2.79. The average molecular weight is 134 g/mol. The first kappa shape index (κ1) is 6.65. The molecule has 0 rings (SSSR count). The predicted molar refractivity (Wildman–Crippen MR) is 42.1 cm³/mol. The normalized spacial score (nSPS) is 14.5. The van der Waals surface area contributed by atoms with Gasteiger partial charge in [0.05, 0.1) is 0 Å². The summed E-state index contributed by atoms with van der Waals surface area (Å²) in [6, 6.07) is 0. The van der Waals surface area contributed by atoms with E-state index >= 15 is 0 Å². The molecule has 0 aromatic heterocycles. The summed E-state index contributed by atoms with van der Waals surface area (Å²) in [6.07, 6.45) is 0. The second kappa shape index (κ2) is 3.83. The Kier molecular flexibility index (Phi) is 4.24.